The summed E-state index contributed by atoms with van der Waals surface area (Å²) < 4.78 is 0. The zero-order valence-corrected chi connectivity index (χ0v) is 8.89. The van der Waals surface area contributed by atoms with Crippen molar-refractivity contribution in [2.24, 2.45) is 0 Å². The molecular formula is C11H19NO. The van der Waals surface area contributed by atoms with Gasteiger partial charge in [0.2, 0.25) is 0 Å². The van der Waals surface area contributed by atoms with E-state index < -0.39 is 0 Å². The van der Waals surface area contributed by atoms with E-state index in [1.54, 1.807) is 0 Å². The number of hydrogen-bond donors (Lipinski definition) is 0. The molecule has 0 fully saturated rings. The summed E-state index contributed by atoms with van der Waals surface area (Å²) in [7, 11) is 0. The third-order valence-corrected chi connectivity index (χ3v) is 1.93. The maximum Gasteiger partial charge on any atom is 0.134 e. The van der Waals surface area contributed by atoms with Crippen LogP contribution in [0.5, 0.6) is 0 Å². The molecule has 0 aromatic carbocycles. The van der Waals surface area contributed by atoms with E-state index >= 15 is 0 Å². The van der Waals surface area contributed by atoms with Crippen LogP contribution in [0.15, 0.2) is 24.6 Å². The van der Waals surface area contributed by atoms with E-state index in [2.05, 4.69) is 13.2 Å². The first-order valence-electron chi connectivity index (χ1n) is 4.59. The highest BCUT2D eigenvalue weighted by Gasteiger charge is 2.06. The molecule has 0 heterocycles. The molecule has 0 saturated heterocycles. The van der Waals surface area contributed by atoms with Crippen LogP contribution in [0.1, 0.15) is 33.6 Å². The van der Waals surface area contributed by atoms with E-state index in [4.69, 9.17) is 0 Å². The molecule has 0 atom stereocenters. The fraction of sp³-hybridized carbons (Fsp3) is 0.545. The smallest absolute Gasteiger partial charge is 0.134 e. The number of ketones is 1. The van der Waals surface area contributed by atoms with E-state index in [0.29, 0.717) is 19.4 Å². The van der Waals surface area contributed by atoms with Gasteiger partial charge in [-0.1, -0.05) is 20.1 Å². The van der Waals surface area contributed by atoms with Gasteiger partial charge < -0.3 is 4.90 Å². The highest BCUT2D eigenvalue weighted by atomic mass is 16.1. The van der Waals surface area contributed by atoms with Crippen molar-refractivity contribution in [1.82, 2.24) is 4.90 Å². The molecule has 0 amide bonds. The summed E-state index contributed by atoms with van der Waals surface area (Å²) in [5.41, 5.74) is 1.88. The van der Waals surface area contributed by atoms with Gasteiger partial charge in [-0.15, -0.1) is 0 Å². The quantitative estimate of drug-likeness (QED) is 0.628. The summed E-state index contributed by atoms with van der Waals surface area (Å²) in [5.74, 6) is 0.285. The Morgan fingerprint density at radius 1 is 1.23 bits per heavy atom. The van der Waals surface area contributed by atoms with E-state index in [1.807, 2.05) is 25.7 Å². The molecule has 0 spiro atoms. The van der Waals surface area contributed by atoms with Gasteiger partial charge >= 0.3 is 0 Å². The molecule has 0 N–H and O–H groups in total. The molecule has 13 heavy (non-hydrogen) atoms. The average molecular weight is 181 g/mol. The summed E-state index contributed by atoms with van der Waals surface area (Å²) in [6.45, 7) is 14.1. The minimum Gasteiger partial charge on any atom is -0.350 e. The molecule has 0 aliphatic heterocycles. The molecule has 2 heteroatoms. The normalized spacial score (nSPS) is 9.46. The van der Waals surface area contributed by atoms with Crippen molar-refractivity contribution < 1.29 is 4.79 Å². The molecule has 2 nitrogen and oxygen atoms in total. The van der Waals surface area contributed by atoms with Crippen LogP contribution in [0.2, 0.25) is 0 Å². The van der Waals surface area contributed by atoms with E-state index in [0.717, 1.165) is 11.4 Å². The molecule has 0 aliphatic carbocycles. The first-order chi connectivity index (χ1) is 5.99. The molecule has 0 aromatic rings. The Morgan fingerprint density at radius 2 is 1.69 bits per heavy atom. The van der Waals surface area contributed by atoms with Gasteiger partial charge in [-0.2, -0.15) is 0 Å². The number of nitrogens with zero attached hydrogens (tertiary/aromatic N) is 1. The lowest BCUT2D eigenvalue weighted by Crippen LogP contribution is -2.21. The van der Waals surface area contributed by atoms with Crippen LogP contribution in [-0.2, 0) is 4.79 Å². The number of carbonyl (C=O) groups is 1. The van der Waals surface area contributed by atoms with Crippen LogP contribution >= 0.6 is 0 Å². The Kier molecular flexibility index (Phi) is 5.12. The van der Waals surface area contributed by atoms with E-state index in [1.165, 1.54) is 0 Å². The molecular weight excluding hydrogens is 162 g/mol. The largest absolute Gasteiger partial charge is 0.350 e. The van der Waals surface area contributed by atoms with Crippen LogP contribution in [-0.4, -0.2) is 17.2 Å². The monoisotopic (exact) mass is 181 g/mol. The number of carbonyl (C=O) groups excluding carboxylic acids is 1. The lowest BCUT2D eigenvalue weighted by molar-refractivity contribution is -0.118. The van der Waals surface area contributed by atoms with Gasteiger partial charge in [0.25, 0.3) is 0 Å². The molecule has 0 radical (unpaired) electrons. The third kappa shape index (κ3) is 4.51. The standard InChI is InChI=1S/C11H19NO/c1-6-11(13)7-8-12(9(2)3)10(4)5/h2,4,6-8H2,1,3,5H3. The number of allylic oxidation sites excluding steroid dienone is 2. The van der Waals surface area contributed by atoms with Gasteiger partial charge in [0, 0.05) is 30.8 Å². The second-order valence-electron chi connectivity index (χ2n) is 3.26. The Balaban J connectivity index is 4.05. The number of hydrogen-bond acceptors (Lipinski definition) is 2. The van der Waals surface area contributed by atoms with Crippen molar-refractivity contribution in [2.75, 3.05) is 6.54 Å². The maximum absolute atomic E-state index is 11.1. The van der Waals surface area contributed by atoms with Gasteiger partial charge in [-0.25, -0.2) is 0 Å². The molecule has 0 rings (SSSR count). The Labute approximate surface area is 80.9 Å². The minimum atomic E-state index is 0.285. The fourth-order valence-corrected chi connectivity index (χ4v) is 1.12. The van der Waals surface area contributed by atoms with Crippen LogP contribution in [0.4, 0.5) is 0 Å². The van der Waals surface area contributed by atoms with Crippen LogP contribution in [0.25, 0.3) is 0 Å². The Morgan fingerprint density at radius 3 is 2.00 bits per heavy atom. The van der Waals surface area contributed by atoms with Gasteiger partial charge in [0.1, 0.15) is 5.78 Å². The Hall–Kier alpha value is -1.05. The summed E-state index contributed by atoms with van der Waals surface area (Å²) in [4.78, 5) is 13.0. The van der Waals surface area contributed by atoms with Crippen LogP contribution in [0.3, 0.4) is 0 Å². The Bertz CT molecular complexity index is 204. The topological polar surface area (TPSA) is 20.3 Å². The van der Waals surface area contributed by atoms with Crippen molar-refractivity contribution in [1.29, 1.82) is 0 Å². The molecule has 0 aromatic heterocycles. The fourth-order valence-electron chi connectivity index (χ4n) is 1.12. The third-order valence-electron chi connectivity index (χ3n) is 1.93. The molecule has 0 unspecified atom stereocenters. The predicted octanol–water partition coefficient (Wildman–Crippen LogP) is 2.72. The van der Waals surface area contributed by atoms with Gasteiger partial charge in [0.15, 0.2) is 0 Å². The minimum absolute atomic E-state index is 0.285. The van der Waals surface area contributed by atoms with Crippen LogP contribution in [0, 0.1) is 0 Å². The summed E-state index contributed by atoms with van der Waals surface area (Å²) in [6.07, 6.45) is 1.19. The molecule has 0 saturated carbocycles. The lowest BCUT2D eigenvalue weighted by Gasteiger charge is -2.24. The van der Waals surface area contributed by atoms with Gasteiger partial charge in [0.05, 0.1) is 0 Å². The summed E-state index contributed by atoms with van der Waals surface area (Å²) in [5, 5.41) is 0. The summed E-state index contributed by atoms with van der Waals surface area (Å²) >= 11 is 0. The van der Waals surface area contributed by atoms with Gasteiger partial charge in [-0.05, 0) is 13.8 Å². The van der Waals surface area contributed by atoms with Crippen molar-refractivity contribution in [3.8, 4) is 0 Å². The van der Waals surface area contributed by atoms with E-state index in [9.17, 15) is 4.79 Å². The SMILES string of the molecule is C=C(C)N(CCC(=O)CC)C(=C)C. The first kappa shape index (κ1) is 11.9. The first-order valence-corrected chi connectivity index (χ1v) is 4.59. The van der Waals surface area contributed by atoms with E-state index in [-0.39, 0.29) is 5.78 Å². The number of rotatable bonds is 6. The van der Waals surface area contributed by atoms with Crippen molar-refractivity contribution in [3.05, 3.63) is 24.6 Å². The lowest BCUT2D eigenvalue weighted by atomic mass is 10.2. The van der Waals surface area contributed by atoms with Crippen LogP contribution < -0.4 is 0 Å². The predicted molar refractivity (Wildman–Crippen MR) is 56.2 cm³/mol. The summed E-state index contributed by atoms with van der Waals surface area (Å²) in [6, 6.07) is 0. The number of Topliss-reactive ketones (excluding diaryl/α,β-unsaturated/α-hetero) is 1. The molecule has 74 valence electrons. The zero-order chi connectivity index (χ0) is 10.4. The zero-order valence-electron chi connectivity index (χ0n) is 8.89. The highest BCUT2D eigenvalue weighted by molar-refractivity contribution is 5.78. The van der Waals surface area contributed by atoms with Crippen molar-refractivity contribution in [2.45, 2.75) is 33.6 Å². The second-order valence-corrected chi connectivity index (χ2v) is 3.26. The second kappa shape index (κ2) is 5.57. The van der Waals surface area contributed by atoms with Crippen molar-refractivity contribution in [3.63, 3.8) is 0 Å². The maximum atomic E-state index is 11.1. The van der Waals surface area contributed by atoms with Crippen molar-refractivity contribution >= 4 is 5.78 Å². The molecule has 0 aliphatic rings. The highest BCUT2D eigenvalue weighted by Crippen LogP contribution is 2.09. The average Bonchev–Trinajstić information content (AvgIpc) is 2.03. The van der Waals surface area contributed by atoms with Gasteiger partial charge in [-0.3, -0.25) is 4.79 Å². The molecule has 0 bridgehead atoms.